The Morgan fingerprint density at radius 1 is 0.613 bits per heavy atom. The van der Waals surface area contributed by atoms with Crippen LogP contribution in [0.5, 0.6) is 0 Å². The molecule has 0 aromatic rings. The van der Waals surface area contributed by atoms with E-state index in [-0.39, 0.29) is 73.0 Å². The molecule has 0 saturated carbocycles. The molecule has 9 heteroatoms. The zero-order valence-corrected chi connectivity index (χ0v) is 19.6. The van der Waals surface area contributed by atoms with E-state index in [1.165, 1.54) is 20.8 Å². The van der Waals surface area contributed by atoms with Crippen molar-refractivity contribution in [3.8, 4) is 0 Å². The minimum absolute atomic E-state index is 0.00363. The van der Waals surface area contributed by atoms with Gasteiger partial charge in [0.2, 0.25) is 11.8 Å². The summed E-state index contributed by atoms with van der Waals surface area (Å²) in [6.07, 6.45) is 3.35. The molecule has 0 heterocycles. The summed E-state index contributed by atoms with van der Waals surface area (Å²) in [5.41, 5.74) is 0. The van der Waals surface area contributed by atoms with Gasteiger partial charge in [0.1, 0.15) is 17.3 Å². The van der Waals surface area contributed by atoms with Crippen molar-refractivity contribution >= 4 is 29.2 Å². The van der Waals surface area contributed by atoms with E-state index in [0.29, 0.717) is 19.4 Å². The van der Waals surface area contributed by atoms with E-state index in [0.717, 1.165) is 12.8 Å². The molecule has 0 aromatic heterocycles. The summed E-state index contributed by atoms with van der Waals surface area (Å²) in [5, 5.41) is 11.7. The Balaban J connectivity index is 4.35. The normalized spacial score (nSPS) is 13.7. The van der Waals surface area contributed by atoms with E-state index >= 15 is 0 Å². The second-order valence-corrected chi connectivity index (χ2v) is 8.21. The zero-order valence-electron chi connectivity index (χ0n) is 19.6. The van der Waals surface area contributed by atoms with Gasteiger partial charge >= 0.3 is 0 Å². The molecule has 0 radical (unpaired) electrons. The van der Waals surface area contributed by atoms with E-state index in [1.54, 1.807) is 14.1 Å². The van der Waals surface area contributed by atoms with E-state index in [9.17, 15) is 24.0 Å². The van der Waals surface area contributed by atoms with Crippen LogP contribution in [0.1, 0.15) is 72.1 Å². The van der Waals surface area contributed by atoms with Gasteiger partial charge in [0, 0.05) is 56.8 Å². The first-order chi connectivity index (χ1) is 14.6. The molecule has 3 unspecified atom stereocenters. The Kier molecular flexibility index (Phi) is 15.4. The average Bonchev–Trinajstić information content (AvgIpc) is 2.65. The molecule has 3 atom stereocenters. The van der Waals surface area contributed by atoms with Crippen LogP contribution in [0.4, 0.5) is 0 Å². The number of rotatable bonds is 18. The summed E-state index contributed by atoms with van der Waals surface area (Å²) in [6, 6.07) is -0.660. The van der Waals surface area contributed by atoms with Crippen LogP contribution >= 0.6 is 0 Å². The highest BCUT2D eigenvalue weighted by Gasteiger charge is 2.19. The molecule has 9 nitrogen and oxygen atoms in total. The van der Waals surface area contributed by atoms with Crippen molar-refractivity contribution < 1.29 is 24.0 Å². The fourth-order valence-corrected chi connectivity index (χ4v) is 3.37. The monoisotopic (exact) mass is 440 g/mol. The first-order valence-electron chi connectivity index (χ1n) is 11.0. The van der Waals surface area contributed by atoms with Crippen molar-refractivity contribution in [3.63, 3.8) is 0 Å². The van der Waals surface area contributed by atoms with Crippen LogP contribution in [0.25, 0.3) is 0 Å². The van der Waals surface area contributed by atoms with Crippen molar-refractivity contribution in [2.45, 2.75) is 90.3 Å². The maximum absolute atomic E-state index is 12.3. The molecule has 0 aliphatic heterocycles. The van der Waals surface area contributed by atoms with Gasteiger partial charge in [-0.15, -0.1) is 0 Å². The number of Topliss-reactive ketones (excluding diaryl/α,β-unsaturated/α-hetero) is 3. The first kappa shape index (κ1) is 28.9. The summed E-state index contributed by atoms with van der Waals surface area (Å²) in [6.45, 7) is 4.98. The van der Waals surface area contributed by atoms with Crippen LogP contribution < -0.4 is 21.3 Å². The van der Waals surface area contributed by atoms with Crippen LogP contribution in [0.2, 0.25) is 0 Å². The number of hydrogen-bond acceptors (Lipinski definition) is 7. The molecule has 31 heavy (non-hydrogen) atoms. The van der Waals surface area contributed by atoms with Gasteiger partial charge in [-0.3, -0.25) is 24.0 Å². The third-order valence-corrected chi connectivity index (χ3v) is 4.95. The Hall–Kier alpha value is -2.13. The number of carbonyl (C=O) groups excluding carboxylic acids is 5. The van der Waals surface area contributed by atoms with Crippen LogP contribution in [0.15, 0.2) is 0 Å². The van der Waals surface area contributed by atoms with E-state index in [4.69, 9.17) is 0 Å². The van der Waals surface area contributed by atoms with Gasteiger partial charge in [0.25, 0.3) is 0 Å². The molecule has 0 rings (SSSR count). The predicted molar refractivity (Wildman–Crippen MR) is 120 cm³/mol. The molecule has 0 aliphatic rings. The zero-order chi connectivity index (χ0) is 23.8. The minimum atomic E-state index is -0.264. The minimum Gasteiger partial charge on any atom is -0.356 e. The molecule has 178 valence electrons. The summed E-state index contributed by atoms with van der Waals surface area (Å²) in [5.74, 6) is -0.262. The molecule has 0 bridgehead atoms. The Labute approximate surface area is 185 Å². The number of nitrogens with one attached hydrogen (secondary N) is 4. The highest BCUT2D eigenvalue weighted by molar-refractivity contribution is 5.81. The van der Waals surface area contributed by atoms with Crippen molar-refractivity contribution in [2.75, 3.05) is 20.6 Å². The lowest BCUT2D eigenvalue weighted by molar-refractivity contribution is -0.124. The maximum Gasteiger partial charge on any atom is 0.221 e. The van der Waals surface area contributed by atoms with Gasteiger partial charge in [-0.25, -0.2) is 0 Å². The first-order valence-corrected chi connectivity index (χ1v) is 11.0. The Morgan fingerprint density at radius 2 is 1.06 bits per heavy atom. The van der Waals surface area contributed by atoms with Crippen LogP contribution in [-0.2, 0) is 24.0 Å². The van der Waals surface area contributed by atoms with Gasteiger partial charge in [-0.1, -0.05) is 0 Å². The van der Waals surface area contributed by atoms with Crippen LogP contribution in [-0.4, -0.2) is 67.9 Å². The smallest absolute Gasteiger partial charge is 0.221 e. The molecule has 0 spiro atoms. The lowest BCUT2D eigenvalue weighted by Gasteiger charge is -2.20. The fourth-order valence-electron chi connectivity index (χ4n) is 3.37. The van der Waals surface area contributed by atoms with E-state index < -0.39 is 0 Å². The van der Waals surface area contributed by atoms with Crippen molar-refractivity contribution in [2.24, 2.45) is 0 Å². The number of ketones is 3. The molecule has 2 amide bonds. The molecule has 0 fully saturated rings. The summed E-state index contributed by atoms with van der Waals surface area (Å²) < 4.78 is 0. The SMILES string of the molecule is CNC(CC(C)=O)CC(=O)NCCCCC(CC(C)=O)NC(=O)CC(CC(C)=O)NC. The number of carbonyl (C=O) groups is 5. The van der Waals surface area contributed by atoms with E-state index in [1.807, 2.05) is 0 Å². The second kappa shape index (κ2) is 16.5. The molecule has 0 aliphatic carbocycles. The number of amides is 2. The van der Waals surface area contributed by atoms with Gasteiger partial charge in [0.05, 0.1) is 0 Å². The Morgan fingerprint density at radius 3 is 1.52 bits per heavy atom. The fraction of sp³-hybridized carbons (Fsp3) is 0.773. The predicted octanol–water partition coefficient (Wildman–Crippen LogP) is 0.651. The second-order valence-electron chi connectivity index (χ2n) is 8.21. The molecule has 0 saturated heterocycles. The third-order valence-electron chi connectivity index (χ3n) is 4.95. The van der Waals surface area contributed by atoms with Gasteiger partial charge in [-0.05, 0) is 54.1 Å². The summed E-state index contributed by atoms with van der Waals surface area (Å²) >= 11 is 0. The van der Waals surface area contributed by atoms with Gasteiger partial charge in [-0.2, -0.15) is 0 Å². The topological polar surface area (TPSA) is 133 Å². The largest absolute Gasteiger partial charge is 0.356 e. The van der Waals surface area contributed by atoms with Crippen molar-refractivity contribution in [1.82, 2.24) is 21.3 Å². The summed E-state index contributed by atoms with van der Waals surface area (Å²) in [4.78, 5) is 58.3. The molecule has 4 N–H and O–H groups in total. The maximum atomic E-state index is 12.3. The molecular weight excluding hydrogens is 400 g/mol. The van der Waals surface area contributed by atoms with E-state index in [2.05, 4.69) is 21.3 Å². The van der Waals surface area contributed by atoms with Crippen LogP contribution in [0.3, 0.4) is 0 Å². The highest BCUT2D eigenvalue weighted by Crippen LogP contribution is 2.08. The average molecular weight is 441 g/mol. The molecular formula is C22H40N4O5. The summed E-state index contributed by atoms with van der Waals surface area (Å²) in [7, 11) is 3.43. The van der Waals surface area contributed by atoms with Gasteiger partial charge < -0.3 is 21.3 Å². The van der Waals surface area contributed by atoms with Crippen LogP contribution in [0, 0.1) is 0 Å². The highest BCUT2D eigenvalue weighted by atomic mass is 16.2. The standard InChI is InChI=1S/C22H40N4O5/c1-15(27)10-18(26-22(31)14-20(24-5)12-17(3)29)8-6-7-9-25-21(30)13-19(23-4)11-16(2)28/h18-20,23-24H,6-14H2,1-5H3,(H,25,30)(H,26,31). The van der Waals surface area contributed by atoms with Gasteiger partial charge in [0.15, 0.2) is 0 Å². The third kappa shape index (κ3) is 16.3. The number of hydrogen-bond donors (Lipinski definition) is 4. The lowest BCUT2D eigenvalue weighted by atomic mass is 10.0. The number of unbranched alkanes of at least 4 members (excludes halogenated alkanes) is 1. The molecule has 0 aromatic carbocycles. The Bertz CT molecular complexity index is 609. The van der Waals surface area contributed by atoms with Crippen molar-refractivity contribution in [1.29, 1.82) is 0 Å². The quantitative estimate of drug-likeness (QED) is 0.230. The van der Waals surface area contributed by atoms with Crippen molar-refractivity contribution in [3.05, 3.63) is 0 Å². The lowest BCUT2D eigenvalue weighted by Crippen LogP contribution is -2.40.